The molecule has 11 nitrogen and oxygen atoms in total. The quantitative estimate of drug-likeness (QED) is 0.447. The van der Waals surface area contributed by atoms with Crippen LogP contribution in [-0.4, -0.2) is 94.9 Å². The summed E-state index contributed by atoms with van der Waals surface area (Å²) in [6, 6.07) is 10.4. The molecule has 2 N–H and O–H groups in total. The highest BCUT2D eigenvalue weighted by atomic mass is 32.2. The molecule has 0 saturated heterocycles. The number of anilines is 1. The molecule has 1 aliphatic heterocycles. The third kappa shape index (κ3) is 9.64. The minimum Gasteiger partial charge on any atom is -0.490 e. The van der Waals surface area contributed by atoms with Crippen molar-refractivity contribution >= 4 is 31.6 Å². The van der Waals surface area contributed by atoms with Crippen molar-refractivity contribution in [1.82, 2.24) is 9.21 Å². The second kappa shape index (κ2) is 14.8. The third-order valence-corrected chi connectivity index (χ3v) is 10.3. The average Bonchev–Trinajstić information content (AvgIpc) is 2.94. The van der Waals surface area contributed by atoms with Crippen molar-refractivity contribution in [3.63, 3.8) is 0 Å². The first-order chi connectivity index (χ1) is 20.1. The maximum absolute atomic E-state index is 14.2. The van der Waals surface area contributed by atoms with E-state index in [-0.39, 0.29) is 47.9 Å². The molecule has 13 heteroatoms. The number of carbonyl (C=O) groups excluding carboxylic acids is 1. The molecule has 0 unspecified atom stereocenters. The number of benzene rings is 2. The molecule has 2 aromatic carbocycles. The smallest absolute Gasteiger partial charge is 0.261 e. The van der Waals surface area contributed by atoms with Crippen molar-refractivity contribution < 1.29 is 36.2 Å². The molecule has 0 fully saturated rings. The van der Waals surface area contributed by atoms with Crippen LogP contribution in [-0.2, 0) is 24.8 Å². The number of aryl methyl sites for hydroxylation is 1. The highest BCUT2D eigenvalue weighted by molar-refractivity contribution is 7.92. The van der Waals surface area contributed by atoms with Gasteiger partial charge in [-0.1, -0.05) is 24.6 Å². The highest BCUT2D eigenvalue weighted by Crippen LogP contribution is 2.29. The van der Waals surface area contributed by atoms with Gasteiger partial charge in [-0.2, -0.15) is 0 Å². The summed E-state index contributed by atoms with van der Waals surface area (Å²) >= 11 is 0. The lowest BCUT2D eigenvalue weighted by Crippen LogP contribution is -2.47. The molecule has 0 aromatic heterocycles. The van der Waals surface area contributed by atoms with Gasteiger partial charge in [-0.05, 0) is 70.4 Å². The molecule has 0 bridgehead atoms. The van der Waals surface area contributed by atoms with Crippen LogP contribution in [0, 0.1) is 12.8 Å². The van der Waals surface area contributed by atoms with E-state index < -0.39 is 38.1 Å². The number of aliphatic hydroxyl groups excluding tert-OH is 1. The van der Waals surface area contributed by atoms with E-state index in [1.54, 1.807) is 31.2 Å². The number of aliphatic hydroxyl groups is 1. The number of carbonyl (C=O) groups is 1. The van der Waals surface area contributed by atoms with Gasteiger partial charge in [-0.15, -0.1) is 0 Å². The van der Waals surface area contributed by atoms with Crippen LogP contribution >= 0.6 is 0 Å². The number of nitrogens with one attached hydrogen (secondary N) is 1. The summed E-state index contributed by atoms with van der Waals surface area (Å²) in [4.78, 5) is 15.8. The van der Waals surface area contributed by atoms with Crippen molar-refractivity contribution in [2.24, 2.45) is 5.92 Å². The lowest BCUT2D eigenvalue weighted by Gasteiger charge is -2.35. The van der Waals surface area contributed by atoms with Gasteiger partial charge in [0.25, 0.3) is 15.9 Å². The van der Waals surface area contributed by atoms with Crippen molar-refractivity contribution in [3.05, 3.63) is 53.6 Å². The van der Waals surface area contributed by atoms with Crippen molar-refractivity contribution in [1.29, 1.82) is 0 Å². The van der Waals surface area contributed by atoms with E-state index in [1.807, 2.05) is 20.8 Å². The summed E-state index contributed by atoms with van der Waals surface area (Å²) in [5.74, 6) is -0.462. The van der Waals surface area contributed by atoms with Crippen LogP contribution in [0.25, 0.3) is 0 Å². The molecular formula is C30H45N3O8S2. The lowest BCUT2D eigenvalue weighted by atomic mass is 10.0. The van der Waals surface area contributed by atoms with E-state index in [0.29, 0.717) is 18.8 Å². The molecule has 3 rings (SSSR count). The van der Waals surface area contributed by atoms with E-state index in [4.69, 9.17) is 9.47 Å². The van der Waals surface area contributed by atoms with Gasteiger partial charge < -0.3 is 19.5 Å². The summed E-state index contributed by atoms with van der Waals surface area (Å²) in [5, 5.41) is 10.1. The van der Waals surface area contributed by atoms with Gasteiger partial charge in [0, 0.05) is 38.3 Å². The molecule has 0 radical (unpaired) electrons. The highest BCUT2D eigenvalue weighted by Gasteiger charge is 2.31. The Kier molecular flexibility index (Phi) is 12.0. The van der Waals surface area contributed by atoms with E-state index in [9.17, 15) is 26.7 Å². The molecule has 0 saturated carbocycles. The summed E-state index contributed by atoms with van der Waals surface area (Å²) < 4.78 is 66.7. The Labute approximate surface area is 256 Å². The monoisotopic (exact) mass is 639 g/mol. The zero-order valence-electron chi connectivity index (χ0n) is 25.8. The first-order valence-corrected chi connectivity index (χ1v) is 17.8. The first kappa shape index (κ1) is 34.8. The van der Waals surface area contributed by atoms with E-state index in [1.165, 1.54) is 34.5 Å². The van der Waals surface area contributed by atoms with Gasteiger partial charge in [-0.25, -0.2) is 21.1 Å². The van der Waals surface area contributed by atoms with E-state index in [0.717, 1.165) is 24.7 Å². The second-order valence-electron chi connectivity index (χ2n) is 11.5. The number of hydrogen-bond donors (Lipinski definition) is 2. The predicted molar refractivity (Wildman–Crippen MR) is 166 cm³/mol. The fourth-order valence-corrected chi connectivity index (χ4v) is 6.24. The standard InChI is InChI=1S/C30H45N3O8S2/c1-21-10-13-26(14-11-21)43(38,39)31-25-12-15-28-27(17-25)30(35)33(23(3)20-34)18-22(2)29(19-32(5)42(6,36)37)40-16-8-7-9-24(4)41-28/h10-15,17,22-24,29,31,34H,7-9,16,18-20H2,1-6H3/t22-,23-,24-,29-/m1/s1. The van der Waals surface area contributed by atoms with Crippen molar-refractivity contribution in [2.75, 3.05) is 44.3 Å². The van der Waals surface area contributed by atoms with E-state index in [2.05, 4.69) is 4.72 Å². The van der Waals surface area contributed by atoms with Gasteiger partial charge in [0.15, 0.2) is 0 Å². The van der Waals surface area contributed by atoms with Crippen LogP contribution in [0.3, 0.4) is 0 Å². The maximum atomic E-state index is 14.2. The van der Waals surface area contributed by atoms with Crippen LogP contribution < -0.4 is 9.46 Å². The zero-order chi connectivity index (χ0) is 31.9. The normalized spacial score (nSPS) is 21.9. The van der Waals surface area contributed by atoms with Crippen LogP contribution in [0.1, 0.15) is 56.0 Å². The number of rotatable bonds is 8. The van der Waals surface area contributed by atoms with Gasteiger partial charge in [0.05, 0.1) is 41.6 Å². The fraction of sp³-hybridized carbons (Fsp3) is 0.567. The molecule has 43 heavy (non-hydrogen) atoms. The molecule has 4 atom stereocenters. The summed E-state index contributed by atoms with van der Waals surface area (Å²) in [5.41, 5.74) is 1.25. The van der Waals surface area contributed by atoms with Crippen LogP contribution in [0.4, 0.5) is 5.69 Å². The largest absolute Gasteiger partial charge is 0.490 e. The molecule has 1 aliphatic rings. The predicted octanol–water partition coefficient (Wildman–Crippen LogP) is 3.48. The maximum Gasteiger partial charge on any atom is 0.261 e. The van der Waals surface area contributed by atoms with Gasteiger partial charge in [0.2, 0.25) is 10.0 Å². The van der Waals surface area contributed by atoms with Crippen molar-refractivity contribution in [2.45, 2.75) is 70.1 Å². The Bertz CT molecular complexity index is 1450. The molecule has 240 valence electrons. The van der Waals surface area contributed by atoms with Crippen LogP contribution in [0.5, 0.6) is 5.75 Å². The molecule has 2 aromatic rings. The first-order valence-electron chi connectivity index (χ1n) is 14.5. The summed E-state index contributed by atoms with van der Waals surface area (Å²) in [6.45, 7) is 7.71. The Balaban J connectivity index is 2.02. The molecule has 0 aliphatic carbocycles. The summed E-state index contributed by atoms with van der Waals surface area (Å²) in [7, 11) is -5.90. The number of nitrogens with zero attached hydrogens (tertiary/aromatic N) is 2. The van der Waals surface area contributed by atoms with E-state index >= 15 is 0 Å². The average molecular weight is 640 g/mol. The number of fused-ring (bicyclic) bond motifs is 1. The van der Waals surface area contributed by atoms with Crippen LogP contribution in [0.15, 0.2) is 47.4 Å². The van der Waals surface area contributed by atoms with Gasteiger partial charge in [0.1, 0.15) is 5.75 Å². The molecule has 0 spiro atoms. The summed E-state index contributed by atoms with van der Waals surface area (Å²) in [6.07, 6.45) is 2.58. The zero-order valence-corrected chi connectivity index (χ0v) is 27.4. The topological polar surface area (TPSA) is 143 Å². The van der Waals surface area contributed by atoms with Crippen molar-refractivity contribution in [3.8, 4) is 5.75 Å². The second-order valence-corrected chi connectivity index (χ2v) is 15.2. The SMILES string of the molecule is Cc1ccc(S(=O)(=O)Nc2ccc3c(c2)C(=O)N([C@H](C)CO)C[C@@H](C)[C@@H](CN(C)S(C)(=O)=O)OCCCC[C@@H](C)O3)cc1. The Morgan fingerprint density at radius 1 is 1.09 bits per heavy atom. The van der Waals surface area contributed by atoms with Gasteiger partial charge >= 0.3 is 0 Å². The molecule has 1 heterocycles. The number of sulfonamides is 2. The Hall–Kier alpha value is -2.71. The molecular weight excluding hydrogens is 594 g/mol. The third-order valence-electron chi connectivity index (χ3n) is 7.64. The minimum absolute atomic E-state index is 0.0869. The fourth-order valence-electron chi connectivity index (χ4n) is 4.77. The number of ether oxygens (including phenoxy) is 2. The number of likely N-dealkylation sites (N-methyl/N-ethyl adjacent to an activating group) is 1. The Morgan fingerprint density at radius 3 is 2.40 bits per heavy atom. The lowest BCUT2D eigenvalue weighted by molar-refractivity contribution is -0.00828. The van der Waals surface area contributed by atoms with Crippen LogP contribution in [0.2, 0.25) is 0 Å². The van der Waals surface area contributed by atoms with Gasteiger partial charge in [-0.3, -0.25) is 9.52 Å². The number of hydrogen-bond acceptors (Lipinski definition) is 8. The minimum atomic E-state index is -3.93. The number of amides is 1. The Morgan fingerprint density at radius 2 is 1.77 bits per heavy atom. The molecule has 1 amide bonds.